The quantitative estimate of drug-likeness (QED) is 0.364. The second-order valence-electron chi connectivity index (χ2n) is 7.75. The highest BCUT2D eigenvalue weighted by atomic mass is 32.2. The van der Waals surface area contributed by atoms with Crippen molar-refractivity contribution in [3.8, 4) is 5.75 Å². The lowest BCUT2D eigenvalue weighted by atomic mass is 9.96. The van der Waals surface area contributed by atoms with Crippen LogP contribution in [0.2, 0.25) is 0 Å². The summed E-state index contributed by atoms with van der Waals surface area (Å²) in [5.41, 5.74) is 0.993. The van der Waals surface area contributed by atoms with Crippen LogP contribution < -0.4 is 20.1 Å². The molecule has 0 radical (unpaired) electrons. The largest absolute Gasteiger partial charge is 0.491 e. The van der Waals surface area contributed by atoms with Crippen molar-refractivity contribution in [1.29, 1.82) is 0 Å². The minimum Gasteiger partial charge on any atom is -0.491 e. The van der Waals surface area contributed by atoms with E-state index in [9.17, 15) is 13.2 Å². The summed E-state index contributed by atoms with van der Waals surface area (Å²) in [6.07, 6.45) is 4.99. The van der Waals surface area contributed by atoms with E-state index >= 15 is 0 Å². The second kappa shape index (κ2) is 12.1. The molecule has 33 heavy (non-hydrogen) atoms. The molecule has 0 aromatic heterocycles. The zero-order valence-electron chi connectivity index (χ0n) is 18.5. The van der Waals surface area contributed by atoms with Gasteiger partial charge in [0.15, 0.2) is 5.11 Å². The molecule has 1 aliphatic rings. The third-order valence-corrected chi connectivity index (χ3v) is 6.99. The maximum atomic E-state index is 12.6. The van der Waals surface area contributed by atoms with E-state index in [1.165, 1.54) is 12.1 Å². The van der Waals surface area contributed by atoms with Crippen molar-refractivity contribution in [2.24, 2.45) is 0 Å². The van der Waals surface area contributed by atoms with Crippen molar-refractivity contribution in [2.45, 2.75) is 43.0 Å². The Hall–Kier alpha value is -2.53. The van der Waals surface area contributed by atoms with Crippen LogP contribution in [0.5, 0.6) is 5.75 Å². The zero-order chi connectivity index (χ0) is 23.7. The lowest BCUT2D eigenvalue weighted by Crippen LogP contribution is -2.36. The van der Waals surface area contributed by atoms with Gasteiger partial charge in [-0.05, 0) is 73.6 Å². The van der Waals surface area contributed by atoms with Crippen LogP contribution in [-0.2, 0) is 14.8 Å². The highest BCUT2D eigenvalue weighted by molar-refractivity contribution is 7.89. The number of thiocarbonyl (C=S) groups is 1. The second-order valence-corrected chi connectivity index (χ2v) is 9.88. The average molecular weight is 492 g/mol. The standard InChI is InChI=1S/C23H29N3O5S2/c1-30-15-16-31-20-11-7-17(8-12-20)22(27)25-23(32)24-18-9-13-21(14-10-18)33(28,29)26-19-5-3-2-4-6-19/h7-14,19,26H,2-6,15-16H2,1H3,(H2,24,25,27,32). The van der Waals surface area contributed by atoms with Crippen molar-refractivity contribution in [2.75, 3.05) is 25.6 Å². The van der Waals surface area contributed by atoms with E-state index in [2.05, 4.69) is 15.4 Å². The SMILES string of the molecule is COCCOc1ccc(C(=O)NC(=S)Nc2ccc(S(=O)(=O)NC3CCCCC3)cc2)cc1. The van der Waals surface area contributed by atoms with E-state index in [-0.39, 0.29) is 22.0 Å². The zero-order valence-corrected chi connectivity index (χ0v) is 20.1. The Morgan fingerprint density at radius 1 is 1.00 bits per heavy atom. The molecule has 1 fully saturated rings. The smallest absolute Gasteiger partial charge is 0.257 e. The van der Waals surface area contributed by atoms with Crippen molar-refractivity contribution in [3.05, 3.63) is 54.1 Å². The van der Waals surface area contributed by atoms with E-state index < -0.39 is 10.0 Å². The summed E-state index contributed by atoms with van der Waals surface area (Å²) in [5.74, 6) is 0.268. The predicted octanol–water partition coefficient (Wildman–Crippen LogP) is 3.45. The molecule has 178 valence electrons. The fourth-order valence-electron chi connectivity index (χ4n) is 3.51. The highest BCUT2D eigenvalue weighted by Gasteiger charge is 2.21. The fourth-order valence-corrected chi connectivity index (χ4v) is 5.02. The molecule has 0 bridgehead atoms. The molecular formula is C23H29N3O5S2. The Morgan fingerprint density at radius 2 is 1.67 bits per heavy atom. The lowest BCUT2D eigenvalue weighted by Gasteiger charge is -2.22. The van der Waals surface area contributed by atoms with Gasteiger partial charge in [-0.25, -0.2) is 13.1 Å². The van der Waals surface area contributed by atoms with Crippen LogP contribution in [0.15, 0.2) is 53.4 Å². The van der Waals surface area contributed by atoms with Gasteiger partial charge < -0.3 is 14.8 Å². The van der Waals surface area contributed by atoms with Crippen molar-refractivity contribution < 1.29 is 22.7 Å². The molecule has 1 saturated carbocycles. The van der Waals surface area contributed by atoms with Crippen molar-refractivity contribution >= 4 is 38.9 Å². The van der Waals surface area contributed by atoms with Gasteiger partial charge >= 0.3 is 0 Å². The number of carbonyl (C=O) groups excluding carboxylic acids is 1. The van der Waals surface area contributed by atoms with Gasteiger partial charge in [0.1, 0.15) is 12.4 Å². The number of methoxy groups -OCH3 is 1. The minimum atomic E-state index is -3.57. The van der Waals surface area contributed by atoms with Gasteiger partial charge in [-0.1, -0.05) is 19.3 Å². The van der Waals surface area contributed by atoms with Gasteiger partial charge in [-0.3, -0.25) is 10.1 Å². The van der Waals surface area contributed by atoms with Crippen LogP contribution in [0.4, 0.5) is 5.69 Å². The van der Waals surface area contributed by atoms with E-state index in [0.29, 0.717) is 30.2 Å². The Kier molecular flexibility index (Phi) is 9.19. The summed E-state index contributed by atoms with van der Waals surface area (Å²) in [6.45, 7) is 0.902. The number of benzene rings is 2. The predicted molar refractivity (Wildman–Crippen MR) is 131 cm³/mol. The van der Waals surface area contributed by atoms with Gasteiger partial charge in [0.2, 0.25) is 10.0 Å². The molecule has 0 unspecified atom stereocenters. The molecule has 2 aromatic carbocycles. The lowest BCUT2D eigenvalue weighted by molar-refractivity contribution is 0.0977. The maximum Gasteiger partial charge on any atom is 0.257 e. The normalized spacial score (nSPS) is 14.5. The summed E-state index contributed by atoms with van der Waals surface area (Å²) >= 11 is 5.21. The Bertz CT molecular complexity index is 1030. The maximum absolute atomic E-state index is 12.6. The van der Waals surface area contributed by atoms with E-state index in [4.69, 9.17) is 21.7 Å². The molecule has 10 heteroatoms. The summed E-state index contributed by atoms with van der Waals surface area (Å²) in [4.78, 5) is 12.6. The number of rotatable bonds is 9. The molecule has 8 nitrogen and oxygen atoms in total. The van der Waals surface area contributed by atoms with Gasteiger partial charge in [0.05, 0.1) is 11.5 Å². The molecule has 3 rings (SSSR count). The summed E-state index contributed by atoms with van der Waals surface area (Å²) in [5, 5.41) is 5.61. The van der Waals surface area contributed by atoms with Crippen LogP contribution in [0.1, 0.15) is 42.5 Å². The topological polar surface area (TPSA) is 106 Å². The number of sulfonamides is 1. The molecule has 1 aliphatic carbocycles. The molecule has 0 heterocycles. The van der Waals surface area contributed by atoms with Crippen molar-refractivity contribution in [3.63, 3.8) is 0 Å². The van der Waals surface area contributed by atoms with Gasteiger partial charge in [-0.2, -0.15) is 0 Å². The van der Waals surface area contributed by atoms with Gasteiger partial charge in [0.25, 0.3) is 5.91 Å². The number of anilines is 1. The van der Waals surface area contributed by atoms with Gasteiger partial charge in [-0.15, -0.1) is 0 Å². The third kappa shape index (κ3) is 7.78. The molecule has 3 N–H and O–H groups in total. The highest BCUT2D eigenvalue weighted by Crippen LogP contribution is 2.21. The molecule has 1 amide bonds. The van der Waals surface area contributed by atoms with Crippen LogP contribution in [0.25, 0.3) is 0 Å². The van der Waals surface area contributed by atoms with Crippen molar-refractivity contribution in [1.82, 2.24) is 10.0 Å². The van der Waals surface area contributed by atoms with E-state index in [0.717, 1.165) is 32.1 Å². The number of amides is 1. The summed E-state index contributed by atoms with van der Waals surface area (Å²) < 4.78 is 38.4. The first kappa shape index (κ1) is 25.1. The first-order chi connectivity index (χ1) is 15.9. The fraction of sp³-hybridized carbons (Fsp3) is 0.391. The minimum absolute atomic E-state index is 0.00433. The molecule has 0 saturated heterocycles. The van der Waals surface area contributed by atoms with Crippen LogP contribution in [0.3, 0.4) is 0 Å². The number of hydrogen-bond acceptors (Lipinski definition) is 6. The summed E-state index contributed by atoms with van der Waals surface area (Å²) in [6, 6.07) is 12.9. The Labute approximate surface area is 200 Å². The monoisotopic (exact) mass is 491 g/mol. The van der Waals surface area contributed by atoms with E-state index in [1.807, 2.05) is 0 Å². The van der Waals surface area contributed by atoms with E-state index in [1.54, 1.807) is 43.5 Å². The third-order valence-electron chi connectivity index (χ3n) is 5.25. The molecule has 0 atom stereocenters. The average Bonchev–Trinajstić information content (AvgIpc) is 2.80. The molecule has 0 aliphatic heterocycles. The Morgan fingerprint density at radius 3 is 2.30 bits per heavy atom. The molecule has 2 aromatic rings. The number of carbonyl (C=O) groups is 1. The van der Waals surface area contributed by atoms with Crippen LogP contribution in [-0.4, -0.2) is 45.8 Å². The first-order valence-corrected chi connectivity index (χ1v) is 12.7. The number of hydrogen-bond donors (Lipinski definition) is 3. The molecule has 0 spiro atoms. The summed E-state index contributed by atoms with van der Waals surface area (Å²) in [7, 11) is -1.97. The van der Waals surface area contributed by atoms with Crippen LogP contribution in [0, 0.1) is 0 Å². The molecular weight excluding hydrogens is 462 g/mol. The Balaban J connectivity index is 1.51. The van der Waals surface area contributed by atoms with Crippen LogP contribution >= 0.6 is 12.2 Å². The van der Waals surface area contributed by atoms with Gasteiger partial charge in [0, 0.05) is 24.4 Å². The first-order valence-electron chi connectivity index (χ1n) is 10.8. The number of nitrogens with one attached hydrogen (secondary N) is 3. The number of ether oxygens (including phenoxy) is 2.